The molecule has 86 valence electrons. The molecular weight excluding hydrogens is 186 g/mol. The number of nitrogens with one attached hydrogen (secondary N) is 1. The summed E-state index contributed by atoms with van der Waals surface area (Å²) in [6, 6.07) is 1.42. The van der Waals surface area contributed by atoms with Crippen molar-refractivity contribution in [3.8, 4) is 0 Å². The van der Waals surface area contributed by atoms with Crippen molar-refractivity contribution in [3.05, 3.63) is 0 Å². The minimum absolute atomic E-state index is 0.149. The minimum Gasteiger partial charge on any atom is -0.311 e. The summed E-state index contributed by atoms with van der Waals surface area (Å²) in [5.41, 5.74) is -0.149. The average Bonchev–Trinajstić information content (AvgIpc) is 2.44. The Morgan fingerprint density at radius 2 is 1.73 bits per heavy atom. The molecular formula is C13H23NO. The van der Waals surface area contributed by atoms with Crippen molar-refractivity contribution in [2.24, 2.45) is 11.3 Å². The van der Waals surface area contributed by atoms with Crippen molar-refractivity contribution in [1.29, 1.82) is 0 Å². The van der Waals surface area contributed by atoms with Crippen molar-refractivity contribution in [2.75, 3.05) is 0 Å². The Bertz CT molecular complexity index is 242. The Labute approximate surface area is 92.8 Å². The Balaban J connectivity index is 1.88. The zero-order valence-corrected chi connectivity index (χ0v) is 10.2. The van der Waals surface area contributed by atoms with Crippen LogP contribution in [0.25, 0.3) is 0 Å². The van der Waals surface area contributed by atoms with E-state index in [0.717, 1.165) is 6.42 Å². The summed E-state index contributed by atoms with van der Waals surface area (Å²) in [6.07, 6.45) is 5.89. The van der Waals surface area contributed by atoms with Crippen LogP contribution < -0.4 is 5.32 Å². The monoisotopic (exact) mass is 209 g/mol. The van der Waals surface area contributed by atoms with Gasteiger partial charge in [0.25, 0.3) is 0 Å². The number of hydrogen-bond acceptors (Lipinski definition) is 2. The molecule has 2 nitrogen and oxygen atoms in total. The molecule has 0 aromatic heterocycles. The van der Waals surface area contributed by atoms with Gasteiger partial charge in [0.1, 0.15) is 5.78 Å². The molecule has 0 spiro atoms. The number of hydrogen-bond donors (Lipinski definition) is 1. The molecule has 2 heteroatoms. The Morgan fingerprint density at radius 3 is 2.20 bits per heavy atom. The van der Waals surface area contributed by atoms with E-state index in [1.807, 2.05) is 20.8 Å². The number of carbonyl (C=O) groups excluding carboxylic acids is 1. The lowest BCUT2D eigenvalue weighted by Gasteiger charge is -2.30. The van der Waals surface area contributed by atoms with Crippen molar-refractivity contribution in [3.63, 3.8) is 0 Å². The van der Waals surface area contributed by atoms with Crippen molar-refractivity contribution < 1.29 is 4.79 Å². The fourth-order valence-corrected chi connectivity index (χ4v) is 2.91. The van der Waals surface area contributed by atoms with Gasteiger partial charge in [-0.25, -0.2) is 0 Å². The summed E-state index contributed by atoms with van der Waals surface area (Å²) >= 11 is 0. The van der Waals surface area contributed by atoms with Crippen LogP contribution in [0.4, 0.5) is 0 Å². The molecule has 2 aliphatic heterocycles. The molecule has 2 heterocycles. The quantitative estimate of drug-likeness (QED) is 0.757. The molecule has 2 rings (SSSR count). The highest BCUT2D eigenvalue weighted by molar-refractivity contribution is 5.83. The van der Waals surface area contributed by atoms with Gasteiger partial charge in [-0.2, -0.15) is 0 Å². The fourth-order valence-electron chi connectivity index (χ4n) is 2.91. The smallest absolute Gasteiger partial charge is 0.138 e. The van der Waals surface area contributed by atoms with Crippen LogP contribution in [-0.4, -0.2) is 17.9 Å². The maximum absolute atomic E-state index is 11.9. The molecule has 0 aliphatic carbocycles. The number of Topliss-reactive ketones (excluding diaryl/α,β-unsaturated/α-hetero) is 1. The van der Waals surface area contributed by atoms with E-state index in [1.165, 1.54) is 25.7 Å². The van der Waals surface area contributed by atoms with E-state index in [0.29, 0.717) is 23.8 Å². The zero-order chi connectivity index (χ0) is 11.1. The summed E-state index contributed by atoms with van der Waals surface area (Å²) in [7, 11) is 0. The van der Waals surface area contributed by atoms with Gasteiger partial charge in [0.15, 0.2) is 0 Å². The third-order valence-electron chi connectivity index (χ3n) is 3.88. The van der Waals surface area contributed by atoms with E-state index < -0.39 is 0 Å². The molecule has 1 N–H and O–H groups in total. The molecule has 2 saturated heterocycles. The van der Waals surface area contributed by atoms with Crippen LogP contribution in [0, 0.1) is 11.3 Å². The Kier molecular flexibility index (Phi) is 2.89. The summed E-state index contributed by atoms with van der Waals surface area (Å²) in [6.45, 7) is 6.10. The first-order valence-corrected chi connectivity index (χ1v) is 6.24. The first-order valence-electron chi connectivity index (χ1n) is 6.24. The third-order valence-corrected chi connectivity index (χ3v) is 3.88. The highest BCUT2D eigenvalue weighted by Gasteiger charge is 2.35. The van der Waals surface area contributed by atoms with Crippen LogP contribution in [0.3, 0.4) is 0 Å². The summed E-state index contributed by atoms with van der Waals surface area (Å²) in [4.78, 5) is 11.9. The molecule has 0 amide bonds. The predicted molar refractivity (Wildman–Crippen MR) is 61.7 cm³/mol. The molecule has 0 saturated carbocycles. The van der Waals surface area contributed by atoms with E-state index >= 15 is 0 Å². The molecule has 2 bridgehead atoms. The van der Waals surface area contributed by atoms with Crippen LogP contribution in [-0.2, 0) is 4.79 Å². The van der Waals surface area contributed by atoms with E-state index in [1.54, 1.807) is 0 Å². The lowest BCUT2D eigenvalue weighted by molar-refractivity contribution is -0.127. The van der Waals surface area contributed by atoms with E-state index in [2.05, 4.69) is 5.32 Å². The fraction of sp³-hybridized carbons (Fsp3) is 0.923. The number of fused-ring (bicyclic) bond motifs is 2. The average molecular weight is 209 g/mol. The normalized spacial score (nSPS) is 35.5. The van der Waals surface area contributed by atoms with Crippen molar-refractivity contribution in [1.82, 2.24) is 5.32 Å². The lowest BCUT2D eigenvalue weighted by Crippen LogP contribution is -2.39. The topological polar surface area (TPSA) is 29.1 Å². The van der Waals surface area contributed by atoms with Crippen molar-refractivity contribution >= 4 is 5.78 Å². The molecule has 0 radical (unpaired) electrons. The van der Waals surface area contributed by atoms with Crippen LogP contribution in [0.15, 0.2) is 0 Å². The van der Waals surface area contributed by atoms with Gasteiger partial charge in [-0.3, -0.25) is 4.79 Å². The number of ketones is 1. The molecule has 0 aromatic carbocycles. The van der Waals surface area contributed by atoms with Gasteiger partial charge in [-0.1, -0.05) is 20.8 Å². The largest absolute Gasteiger partial charge is 0.311 e. The van der Waals surface area contributed by atoms with Crippen LogP contribution in [0.1, 0.15) is 52.9 Å². The highest BCUT2D eigenvalue weighted by Crippen LogP contribution is 2.34. The SMILES string of the molecule is CC(C)(C)C(=O)CC1CC2CCC(C1)N2. The van der Waals surface area contributed by atoms with Crippen LogP contribution >= 0.6 is 0 Å². The van der Waals surface area contributed by atoms with E-state index in [-0.39, 0.29) is 5.41 Å². The standard InChI is InChI=1S/C13H23NO/c1-13(2,3)12(15)8-9-6-10-4-5-11(7-9)14-10/h9-11,14H,4-8H2,1-3H3. The van der Waals surface area contributed by atoms with Gasteiger partial charge in [0.2, 0.25) is 0 Å². The highest BCUT2D eigenvalue weighted by atomic mass is 16.1. The molecule has 2 aliphatic rings. The predicted octanol–water partition coefficient (Wildman–Crippen LogP) is 2.52. The van der Waals surface area contributed by atoms with Gasteiger partial charge in [0, 0.05) is 23.9 Å². The van der Waals surface area contributed by atoms with Gasteiger partial charge in [-0.05, 0) is 31.6 Å². The Hall–Kier alpha value is -0.370. The number of rotatable bonds is 2. The minimum atomic E-state index is -0.149. The van der Waals surface area contributed by atoms with E-state index in [4.69, 9.17) is 0 Å². The van der Waals surface area contributed by atoms with E-state index in [9.17, 15) is 4.79 Å². The van der Waals surface area contributed by atoms with Gasteiger partial charge in [-0.15, -0.1) is 0 Å². The van der Waals surface area contributed by atoms with Crippen LogP contribution in [0.2, 0.25) is 0 Å². The zero-order valence-electron chi connectivity index (χ0n) is 10.2. The molecule has 2 unspecified atom stereocenters. The maximum atomic E-state index is 11.9. The Morgan fingerprint density at radius 1 is 1.20 bits per heavy atom. The first kappa shape index (κ1) is 11.1. The second-order valence-corrected chi connectivity index (χ2v) is 6.35. The summed E-state index contributed by atoms with van der Waals surface area (Å²) in [5.74, 6) is 1.09. The molecule has 0 aromatic rings. The maximum Gasteiger partial charge on any atom is 0.138 e. The third kappa shape index (κ3) is 2.60. The van der Waals surface area contributed by atoms with Gasteiger partial charge >= 0.3 is 0 Å². The molecule has 2 fully saturated rings. The summed E-state index contributed by atoms with van der Waals surface area (Å²) < 4.78 is 0. The lowest BCUT2D eigenvalue weighted by atomic mass is 9.81. The first-order chi connectivity index (χ1) is 6.95. The van der Waals surface area contributed by atoms with Gasteiger partial charge < -0.3 is 5.32 Å². The summed E-state index contributed by atoms with van der Waals surface area (Å²) in [5, 5.41) is 3.62. The molecule has 15 heavy (non-hydrogen) atoms. The molecule has 2 atom stereocenters. The van der Waals surface area contributed by atoms with Crippen molar-refractivity contribution in [2.45, 2.75) is 65.0 Å². The van der Waals surface area contributed by atoms with Gasteiger partial charge in [0.05, 0.1) is 0 Å². The number of carbonyl (C=O) groups is 1. The van der Waals surface area contributed by atoms with Crippen LogP contribution in [0.5, 0.6) is 0 Å². The second-order valence-electron chi connectivity index (χ2n) is 6.35. The number of piperidine rings is 1. The second kappa shape index (κ2) is 3.89.